The van der Waals surface area contributed by atoms with Gasteiger partial charge in [0.2, 0.25) is 0 Å². The van der Waals surface area contributed by atoms with Crippen LogP contribution in [0.4, 0.5) is 51.2 Å². The van der Waals surface area contributed by atoms with E-state index in [0.717, 1.165) is 17.8 Å². The van der Waals surface area contributed by atoms with Gasteiger partial charge in [-0.2, -0.15) is 11.3 Å². The van der Waals surface area contributed by atoms with E-state index in [2.05, 4.69) is 258 Å². The summed E-state index contributed by atoms with van der Waals surface area (Å²) in [6, 6.07) is 46.6. The van der Waals surface area contributed by atoms with Gasteiger partial charge in [0.15, 0.2) is 0 Å². The topological polar surface area (TPSA) is 9.72 Å². The largest absolute Gasteiger partial charge is 0.311 e. The molecule has 6 aliphatic rings. The first-order valence-electron chi connectivity index (χ1n) is 30.0. The fourth-order valence-electron chi connectivity index (χ4n) is 15.7. The fraction of sp³-hybridized carbons (Fsp3) is 0.452. The Kier molecular flexibility index (Phi) is 11.7. The van der Waals surface area contributed by atoms with Gasteiger partial charge >= 0.3 is 0 Å². The molecular weight excluding hydrogens is 994 g/mol. The second-order valence-electron chi connectivity index (χ2n) is 30.4. The normalized spacial score (nSPS) is 21.4. The van der Waals surface area contributed by atoms with E-state index in [1.54, 1.807) is 22.2 Å². The summed E-state index contributed by atoms with van der Waals surface area (Å²) in [5.74, 6) is 0. The maximum absolute atomic E-state index is 2.83. The van der Waals surface area contributed by atoms with Crippen LogP contribution < -0.4 is 30.4 Å². The smallest absolute Gasteiger partial charge is 0.264 e. The molecule has 0 bridgehead atoms. The maximum Gasteiger partial charge on any atom is 0.264 e. The molecule has 0 N–H and O–H groups in total. The van der Waals surface area contributed by atoms with Crippen LogP contribution in [-0.2, 0) is 43.3 Å². The predicted molar refractivity (Wildman–Crippen MR) is 346 cm³/mol. The Hall–Kier alpha value is -5.17. The third-order valence-corrected chi connectivity index (χ3v) is 23.7. The molecule has 0 radical (unpaired) electrons. The Balaban J connectivity index is 1.21. The summed E-state index contributed by atoms with van der Waals surface area (Å²) in [4.78, 5) is 11.0. The van der Waals surface area contributed by atoms with Crippen molar-refractivity contribution < 1.29 is 0 Å². The zero-order valence-corrected chi connectivity index (χ0v) is 52.5. The Bertz CT molecular complexity index is 3640. The van der Waals surface area contributed by atoms with Crippen LogP contribution >= 0.6 is 23.1 Å². The van der Waals surface area contributed by atoms with E-state index < -0.39 is 0 Å². The van der Waals surface area contributed by atoms with Crippen molar-refractivity contribution in [2.75, 3.05) is 21.0 Å². The summed E-state index contributed by atoms with van der Waals surface area (Å²) in [6.07, 6.45) is 11.6. The van der Waals surface area contributed by atoms with Crippen molar-refractivity contribution in [2.45, 2.75) is 210 Å². The van der Waals surface area contributed by atoms with E-state index in [1.807, 2.05) is 0 Å². The average molecular weight is 1080 g/mol. The molecule has 79 heavy (non-hydrogen) atoms. The third-order valence-electron chi connectivity index (χ3n) is 21.3. The van der Waals surface area contributed by atoms with Gasteiger partial charge in [0.1, 0.15) is 0 Å². The Morgan fingerprint density at radius 2 is 0.861 bits per heavy atom. The zero-order valence-electron chi connectivity index (χ0n) is 50.9. The number of hydrogen-bond donors (Lipinski definition) is 0. The van der Waals surface area contributed by atoms with Gasteiger partial charge < -0.3 is 14.7 Å². The van der Waals surface area contributed by atoms with Gasteiger partial charge in [-0.05, 0) is 230 Å². The molecule has 3 heterocycles. The van der Waals surface area contributed by atoms with Crippen LogP contribution in [0.2, 0.25) is 0 Å². The number of thioether (sulfide) groups is 1. The first-order valence-corrected chi connectivity index (χ1v) is 32.0. The van der Waals surface area contributed by atoms with Crippen LogP contribution in [-0.4, -0.2) is 13.0 Å². The molecule has 2 aliphatic heterocycles. The van der Waals surface area contributed by atoms with E-state index >= 15 is 0 Å². The number of para-hydroxylation sites is 1. The lowest BCUT2D eigenvalue weighted by atomic mass is 9.35. The summed E-state index contributed by atoms with van der Waals surface area (Å²) in [7, 11) is 0. The molecule has 0 spiro atoms. The number of nitrogens with zero attached hydrogens (tertiary/aromatic N) is 3. The minimum Gasteiger partial charge on any atom is -0.311 e. The Morgan fingerprint density at radius 1 is 0.418 bits per heavy atom. The highest BCUT2D eigenvalue weighted by atomic mass is 32.2. The fourth-order valence-corrected chi connectivity index (χ4v) is 17.8. The van der Waals surface area contributed by atoms with Crippen molar-refractivity contribution in [1.82, 2.24) is 0 Å². The standard InChI is InChI=1S/C73H86BN3S2/c1-66(2)31-33-68(5,6)53-39-47(25-29-51(53)66)76-58-44-56-55(70(9,10)35-36-71(56,11)12)43-57(58)74-62-59(76)41-49(75(45-21-19-18-20-22-45)46-23-27-50(78-17)28-24-46)42-60(62)77(48-26-30-52-54(40-48)69(7,8)34-32-67(52,3)4)63-61-64(79-65(63)74)73(15,16)38-37-72(61,13)14/h18-30,39-44H,31-38H2,1-17H3. The lowest BCUT2D eigenvalue weighted by Gasteiger charge is -2.48. The molecule has 6 aromatic carbocycles. The van der Waals surface area contributed by atoms with E-state index in [9.17, 15) is 0 Å². The molecule has 0 atom stereocenters. The van der Waals surface area contributed by atoms with Crippen molar-refractivity contribution in [3.05, 3.63) is 159 Å². The van der Waals surface area contributed by atoms with Gasteiger partial charge in [0.05, 0.1) is 11.4 Å². The van der Waals surface area contributed by atoms with Crippen LogP contribution in [0.1, 0.15) is 206 Å². The molecule has 0 fully saturated rings. The molecule has 4 aliphatic carbocycles. The van der Waals surface area contributed by atoms with Crippen LogP contribution in [0.15, 0.2) is 120 Å². The molecule has 0 amide bonds. The lowest BCUT2D eigenvalue weighted by molar-refractivity contribution is 0.332. The third kappa shape index (κ3) is 8.07. The molecular formula is C73H86BN3S2. The number of thiophene rings is 1. The second-order valence-corrected chi connectivity index (χ2v) is 32.3. The Morgan fingerprint density at radius 3 is 1.39 bits per heavy atom. The first kappa shape index (κ1) is 53.2. The van der Waals surface area contributed by atoms with E-state index in [-0.39, 0.29) is 50.0 Å². The minimum absolute atomic E-state index is 0.0210. The van der Waals surface area contributed by atoms with Gasteiger partial charge in [0.25, 0.3) is 6.71 Å². The highest BCUT2D eigenvalue weighted by Gasteiger charge is 2.53. The Labute approximate surface area is 484 Å². The molecule has 408 valence electrons. The van der Waals surface area contributed by atoms with Crippen molar-refractivity contribution >= 4 is 96.7 Å². The van der Waals surface area contributed by atoms with E-state index in [4.69, 9.17) is 0 Å². The maximum atomic E-state index is 2.83. The van der Waals surface area contributed by atoms with Crippen LogP contribution in [0.5, 0.6) is 0 Å². The quantitative estimate of drug-likeness (QED) is 0.121. The molecule has 0 saturated heterocycles. The summed E-state index contributed by atoms with van der Waals surface area (Å²) in [5, 5.41) is 0. The van der Waals surface area contributed by atoms with Crippen LogP contribution in [0.3, 0.4) is 0 Å². The summed E-state index contributed by atoms with van der Waals surface area (Å²) in [5.41, 5.74) is 25.2. The van der Waals surface area contributed by atoms with E-state index in [1.165, 1.54) is 139 Å². The van der Waals surface area contributed by atoms with Gasteiger partial charge in [-0.25, -0.2) is 0 Å². The monoisotopic (exact) mass is 1080 g/mol. The number of benzene rings is 6. The molecule has 13 rings (SSSR count). The first-order chi connectivity index (χ1) is 37.1. The SMILES string of the molecule is CSc1ccc(N(c2ccccc2)c2cc3c4c(c2)N(c2ccc5c(c2)C(C)(C)CCC5(C)C)c2c(sc5c2C(C)(C)CCC5(C)C)B4c2cc4c(cc2N3c2ccc3c(c2)C(C)(C)CCC3(C)C)C(C)(C)CCC4(C)C)cc1. The van der Waals surface area contributed by atoms with Gasteiger partial charge in [-0.1, -0.05) is 147 Å². The molecule has 0 unspecified atom stereocenters. The van der Waals surface area contributed by atoms with Crippen molar-refractivity contribution in [1.29, 1.82) is 0 Å². The lowest BCUT2D eigenvalue weighted by Crippen LogP contribution is -2.61. The summed E-state index contributed by atoms with van der Waals surface area (Å²) in [6.45, 7) is 40.2. The number of anilines is 9. The second kappa shape index (κ2) is 17.4. The number of hydrogen-bond acceptors (Lipinski definition) is 5. The van der Waals surface area contributed by atoms with Gasteiger partial charge in [0, 0.05) is 54.4 Å². The van der Waals surface area contributed by atoms with Crippen LogP contribution in [0, 0.1) is 0 Å². The summed E-state index contributed by atoms with van der Waals surface area (Å²) >= 11 is 3.97. The van der Waals surface area contributed by atoms with Crippen molar-refractivity contribution in [2.24, 2.45) is 0 Å². The molecule has 7 aromatic rings. The van der Waals surface area contributed by atoms with E-state index in [0.29, 0.717) is 0 Å². The molecule has 1 aromatic heterocycles. The van der Waals surface area contributed by atoms with Crippen molar-refractivity contribution in [3.63, 3.8) is 0 Å². The number of fused-ring (bicyclic) bond motifs is 9. The predicted octanol–water partition coefficient (Wildman–Crippen LogP) is 19.4. The molecule has 6 heteroatoms. The number of rotatable bonds is 6. The minimum atomic E-state index is -0.0369. The zero-order chi connectivity index (χ0) is 55.9. The van der Waals surface area contributed by atoms with Gasteiger partial charge in [-0.15, -0.1) is 11.8 Å². The van der Waals surface area contributed by atoms with Gasteiger partial charge in [-0.3, -0.25) is 0 Å². The molecule has 0 saturated carbocycles. The highest BCUT2D eigenvalue weighted by molar-refractivity contribution is 7.98. The van der Waals surface area contributed by atoms with Crippen LogP contribution in [0.25, 0.3) is 0 Å². The highest BCUT2D eigenvalue weighted by Crippen LogP contribution is 2.59. The average Bonchev–Trinajstić information content (AvgIpc) is 2.72. The van der Waals surface area contributed by atoms with Crippen molar-refractivity contribution in [3.8, 4) is 0 Å². The molecule has 3 nitrogen and oxygen atoms in total. The summed E-state index contributed by atoms with van der Waals surface area (Å²) < 4.78 is 1.52.